The van der Waals surface area contributed by atoms with Gasteiger partial charge in [0.05, 0.1) is 47.0 Å². The van der Waals surface area contributed by atoms with Crippen LogP contribution in [0.15, 0.2) is 35.1 Å². The fourth-order valence-electron chi connectivity index (χ4n) is 4.18. The average molecular weight is 379 g/mol. The molecule has 0 saturated heterocycles. The van der Waals surface area contributed by atoms with Gasteiger partial charge in [-0.25, -0.2) is 4.98 Å². The van der Waals surface area contributed by atoms with Gasteiger partial charge in [0.2, 0.25) is 0 Å². The average Bonchev–Trinajstić information content (AvgIpc) is 3.05. The Hall–Kier alpha value is -3.10. The summed E-state index contributed by atoms with van der Waals surface area (Å²) in [5.41, 5.74) is 2.12. The van der Waals surface area contributed by atoms with E-state index in [1.54, 1.807) is 22.8 Å². The van der Waals surface area contributed by atoms with Gasteiger partial charge in [0.25, 0.3) is 11.2 Å². The van der Waals surface area contributed by atoms with Crippen molar-refractivity contribution in [2.75, 3.05) is 6.61 Å². The molecule has 8 nitrogen and oxygen atoms in total. The maximum absolute atomic E-state index is 13.1. The predicted molar refractivity (Wildman–Crippen MR) is 101 cm³/mol. The van der Waals surface area contributed by atoms with Gasteiger partial charge in [-0.1, -0.05) is 13.0 Å². The summed E-state index contributed by atoms with van der Waals surface area (Å²) < 4.78 is 7.07. The van der Waals surface area contributed by atoms with E-state index in [0.717, 1.165) is 5.56 Å². The molecular formula is C20H17N3O5. The van der Waals surface area contributed by atoms with Crippen LogP contribution in [0.3, 0.4) is 0 Å². The number of pyridine rings is 2. The molecule has 2 aliphatic heterocycles. The number of nitro benzene ring substituents is 1. The SMILES string of the molecule is CC[C@@]1(O)COCc2c1cc1n(c2=O)Cc2cc3c([N+](=O)[O-])cccc3nc2-1. The molecule has 0 spiro atoms. The molecule has 0 saturated carbocycles. The highest BCUT2D eigenvalue weighted by molar-refractivity contribution is 5.91. The minimum atomic E-state index is -1.21. The Bertz CT molecular complexity index is 1230. The monoisotopic (exact) mass is 379 g/mol. The van der Waals surface area contributed by atoms with Crippen LogP contribution in [0.4, 0.5) is 5.69 Å². The fourth-order valence-corrected chi connectivity index (χ4v) is 4.18. The van der Waals surface area contributed by atoms with Crippen LogP contribution in [0.2, 0.25) is 0 Å². The Labute approximate surface area is 159 Å². The second-order valence-electron chi connectivity index (χ2n) is 7.29. The summed E-state index contributed by atoms with van der Waals surface area (Å²) >= 11 is 0. The molecule has 142 valence electrons. The van der Waals surface area contributed by atoms with E-state index in [-0.39, 0.29) is 31.0 Å². The lowest BCUT2D eigenvalue weighted by atomic mass is 9.86. The van der Waals surface area contributed by atoms with Gasteiger partial charge in [-0.3, -0.25) is 14.9 Å². The zero-order chi connectivity index (χ0) is 19.6. The van der Waals surface area contributed by atoms with Crippen LogP contribution in [-0.4, -0.2) is 26.2 Å². The van der Waals surface area contributed by atoms with E-state index < -0.39 is 10.5 Å². The molecule has 0 fully saturated rings. The zero-order valence-corrected chi connectivity index (χ0v) is 15.1. The number of fused-ring (bicyclic) bond motifs is 5. The van der Waals surface area contributed by atoms with E-state index in [4.69, 9.17) is 4.74 Å². The first-order chi connectivity index (χ1) is 13.4. The maximum Gasteiger partial charge on any atom is 0.278 e. The number of benzene rings is 1. The lowest BCUT2D eigenvalue weighted by molar-refractivity contribution is -0.383. The third kappa shape index (κ3) is 2.18. The van der Waals surface area contributed by atoms with Gasteiger partial charge in [0.15, 0.2) is 0 Å². The van der Waals surface area contributed by atoms with Crippen LogP contribution in [-0.2, 0) is 23.5 Å². The molecule has 0 bridgehead atoms. The molecule has 0 unspecified atom stereocenters. The van der Waals surface area contributed by atoms with Gasteiger partial charge in [0, 0.05) is 17.2 Å². The minimum absolute atomic E-state index is 0.0100. The largest absolute Gasteiger partial charge is 0.383 e. The van der Waals surface area contributed by atoms with Crippen LogP contribution in [0.25, 0.3) is 22.3 Å². The number of aliphatic hydroxyl groups is 1. The Morgan fingerprint density at radius 1 is 1.39 bits per heavy atom. The molecule has 0 aliphatic carbocycles. The maximum atomic E-state index is 13.1. The number of ether oxygens (including phenoxy) is 1. The third-order valence-corrected chi connectivity index (χ3v) is 5.76. The van der Waals surface area contributed by atoms with Crippen LogP contribution in [0.5, 0.6) is 0 Å². The molecule has 8 heteroatoms. The lowest BCUT2D eigenvalue weighted by Crippen LogP contribution is -2.40. The topological polar surface area (TPSA) is 107 Å². The Balaban J connectivity index is 1.78. The van der Waals surface area contributed by atoms with E-state index in [1.165, 1.54) is 6.07 Å². The quantitative estimate of drug-likeness (QED) is 0.423. The van der Waals surface area contributed by atoms with Crippen molar-refractivity contribution in [3.8, 4) is 11.4 Å². The molecule has 1 N–H and O–H groups in total. The van der Waals surface area contributed by atoms with Gasteiger partial charge >= 0.3 is 0 Å². The standard InChI is InChI=1S/C20H17N3O5/c1-2-20(25)10-28-9-13-14(20)7-17-18-11(8-22(17)19(13)24)6-12-15(21-18)4-3-5-16(12)23(26)27/h3-7,25H,2,8-10H2,1H3/t20-/m1/s1. The highest BCUT2D eigenvalue weighted by Gasteiger charge is 2.38. The number of nitrogens with zero attached hydrogens (tertiary/aromatic N) is 3. The zero-order valence-electron chi connectivity index (χ0n) is 15.1. The Kier molecular flexibility index (Phi) is 3.47. The number of aromatic nitrogens is 2. The molecule has 5 rings (SSSR count). The second kappa shape index (κ2) is 5.70. The van der Waals surface area contributed by atoms with Crippen molar-refractivity contribution in [1.82, 2.24) is 9.55 Å². The highest BCUT2D eigenvalue weighted by Crippen LogP contribution is 2.38. The lowest BCUT2D eigenvalue weighted by Gasteiger charge is -2.33. The van der Waals surface area contributed by atoms with Gasteiger partial charge in [-0.05, 0) is 30.2 Å². The van der Waals surface area contributed by atoms with Gasteiger partial charge < -0.3 is 14.4 Å². The van der Waals surface area contributed by atoms with Crippen molar-refractivity contribution < 1.29 is 14.8 Å². The first kappa shape index (κ1) is 17.0. The second-order valence-corrected chi connectivity index (χ2v) is 7.29. The number of non-ortho nitro benzene ring substituents is 1. The smallest absolute Gasteiger partial charge is 0.278 e. The number of hydrogen-bond donors (Lipinski definition) is 1. The van der Waals surface area contributed by atoms with Crippen LogP contribution < -0.4 is 5.56 Å². The molecule has 3 aromatic rings. The summed E-state index contributed by atoms with van der Waals surface area (Å²) in [6.07, 6.45) is 0.424. The van der Waals surface area contributed by atoms with Gasteiger partial charge in [-0.15, -0.1) is 0 Å². The summed E-state index contributed by atoms with van der Waals surface area (Å²) in [4.78, 5) is 28.6. The van der Waals surface area contributed by atoms with Crippen LogP contribution >= 0.6 is 0 Å². The summed E-state index contributed by atoms with van der Waals surface area (Å²) in [5.74, 6) is 0. The molecule has 4 heterocycles. The fraction of sp³-hybridized carbons (Fsp3) is 0.300. The first-order valence-corrected chi connectivity index (χ1v) is 9.07. The van der Waals surface area contributed by atoms with E-state index >= 15 is 0 Å². The van der Waals surface area contributed by atoms with E-state index in [9.17, 15) is 20.0 Å². The van der Waals surface area contributed by atoms with E-state index in [1.807, 2.05) is 13.0 Å². The molecule has 0 amide bonds. The minimum Gasteiger partial charge on any atom is -0.383 e. The predicted octanol–water partition coefficient (Wildman–Crippen LogP) is 2.46. The summed E-state index contributed by atoms with van der Waals surface area (Å²) in [6.45, 7) is 2.44. The molecule has 0 radical (unpaired) electrons. The molecule has 28 heavy (non-hydrogen) atoms. The first-order valence-electron chi connectivity index (χ1n) is 9.07. The molecule has 2 aromatic heterocycles. The summed E-state index contributed by atoms with van der Waals surface area (Å²) in [7, 11) is 0. The van der Waals surface area contributed by atoms with Gasteiger partial charge in [-0.2, -0.15) is 0 Å². The van der Waals surface area contributed by atoms with Crippen molar-refractivity contribution in [1.29, 1.82) is 0 Å². The van der Waals surface area contributed by atoms with Crippen LogP contribution in [0, 0.1) is 10.1 Å². The van der Waals surface area contributed by atoms with Crippen molar-refractivity contribution in [2.45, 2.75) is 32.1 Å². The number of hydrogen-bond acceptors (Lipinski definition) is 6. The van der Waals surface area contributed by atoms with Crippen LogP contribution in [0.1, 0.15) is 30.0 Å². The van der Waals surface area contributed by atoms with Gasteiger partial charge in [0.1, 0.15) is 5.60 Å². The molecule has 1 atom stereocenters. The normalized spacial score (nSPS) is 19.9. The molecule has 2 aliphatic rings. The van der Waals surface area contributed by atoms with Crippen molar-refractivity contribution in [3.05, 3.63) is 67.5 Å². The molecule has 1 aromatic carbocycles. The van der Waals surface area contributed by atoms with Crippen molar-refractivity contribution >= 4 is 16.6 Å². The van der Waals surface area contributed by atoms with E-state index in [0.29, 0.717) is 39.8 Å². The third-order valence-electron chi connectivity index (χ3n) is 5.76. The van der Waals surface area contributed by atoms with E-state index in [2.05, 4.69) is 4.98 Å². The van der Waals surface area contributed by atoms with Crippen molar-refractivity contribution in [2.24, 2.45) is 0 Å². The van der Waals surface area contributed by atoms with Crippen molar-refractivity contribution in [3.63, 3.8) is 0 Å². The number of nitro groups is 1. The number of rotatable bonds is 2. The summed E-state index contributed by atoms with van der Waals surface area (Å²) in [5, 5.41) is 22.7. The summed E-state index contributed by atoms with van der Waals surface area (Å²) in [6, 6.07) is 8.33. The Morgan fingerprint density at radius 2 is 2.21 bits per heavy atom. The molecular weight excluding hydrogens is 362 g/mol. The highest BCUT2D eigenvalue weighted by atomic mass is 16.6. The Morgan fingerprint density at radius 3 is 2.96 bits per heavy atom.